The van der Waals surface area contributed by atoms with Crippen LogP contribution in [-0.4, -0.2) is 57.1 Å². The molecule has 170 valence electrons. The van der Waals surface area contributed by atoms with Gasteiger partial charge < -0.3 is 14.1 Å². The van der Waals surface area contributed by atoms with Gasteiger partial charge in [-0.2, -0.15) is 4.98 Å². The van der Waals surface area contributed by atoms with Crippen LogP contribution in [-0.2, 0) is 6.54 Å². The van der Waals surface area contributed by atoms with Gasteiger partial charge in [0, 0.05) is 36.9 Å². The van der Waals surface area contributed by atoms with Gasteiger partial charge in [-0.25, -0.2) is 4.98 Å². The number of hydrogen-bond donors (Lipinski definition) is 0. The van der Waals surface area contributed by atoms with Crippen LogP contribution in [0.2, 0.25) is 0 Å². The maximum Gasteiger partial charge on any atom is 0.298 e. The summed E-state index contributed by atoms with van der Waals surface area (Å²) in [5, 5.41) is 0. The molecule has 32 heavy (non-hydrogen) atoms. The fraction of sp³-hybridized carbons (Fsp3) is 0.520. The molecule has 0 atom stereocenters. The Morgan fingerprint density at radius 1 is 1.12 bits per heavy atom. The number of rotatable bonds is 7. The minimum Gasteiger partial charge on any atom is -0.468 e. The van der Waals surface area contributed by atoms with Crippen LogP contribution in [0.25, 0.3) is 11.2 Å². The Kier molecular flexibility index (Phi) is 6.17. The summed E-state index contributed by atoms with van der Waals surface area (Å²) in [6.45, 7) is 12.3. The third kappa shape index (κ3) is 4.26. The highest BCUT2D eigenvalue weighted by Gasteiger charge is 2.30. The molecule has 0 N–H and O–H groups in total. The smallest absolute Gasteiger partial charge is 0.298 e. The van der Waals surface area contributed by atoms with Crippen molar-refractivity contribution in [1.82, 2.24) is 24.3 Å². The van der Waals surface area contributed by atoms with Crippen LogP contribution in [0.5, 0.6) is 6.01 Å². The van der Waals surface area contributed by atoms with E-state index in [0.717, 1.165) is 62.5 Å². The molecule has 0 radical (unpaired) electrons. The molecule has 2 saturated heterocycles. The Labute approximate surface area is 189 Å². The lowest BCUT2D eigenvalue weighted by atomic mass is 9.91. The molecule has 2 aliphatic rings. The molecular weight excluding hydrogens is 402 g/mol. The van der Waals surface area contributed by atoms with Gasteiger partial charge >= 0.3 is 0 Å². The molecule has 5 rings (SSSR count). The summed E-state index contributed by atoms with van der Waals surface area (Å²) >= 11 is 0. The first-order valence-electron chi connectivity index (χ1n) is 11.9. The topological polar surface area (TPSA) is 59.6 Å². The molecule has 0 unspecified atom stereocenters. The molecular formula is C25H33N5O2. The van der Waals surface area contributed by atoms with Crippen molar-refractivity contribution in [3.8, 4) is 6.01 Å². The standard InChI is InChI=1S/C25H33N5O2/c1-3-31-25-27-23-7-4-12-26-24(23)30(25)21-10-15-29(16-11-21)19(2)20-8-13-28(14-9-20)18-22-6-5-17-32-22/h4-7,12,17,20-21H,2-3,8-11,13-16,18H2,1H3. The number of furan rings is 1. The van der Waals surface area contributed by atoms with Gasteiger partial charge in [-0.3, -0.25) is 9.47 Å². The van der Waals surface area contributed by atoms with Gasteiger partial charge in [0.1, 0.15) is 11.3 Å². The van der Waals surface area contributed by atoms with Crippen LogP contribution < -0.4 is 4.74 Å². The Bertz CT molecular complexity index is 1030. The van der Waals surface area contributed by atoms with Gasteiger partial charge in [0.05, 0.1) is 19.4 Å². The Balaban J connectivity index is 1.18. The average Bonchev–Trinajstić information content (AvgIpc) is 3.47. The molecule has 3 aromatic rings. The number of likely N-dealkylation sites (tertiary alicyclic amines) is 2. The maximum absolute atomic E-state index is 5.86. The van der Waals surface area contributed by atoms with Gasteiger partial charge in [0.25, 0.3) is 6.01 Å². The zero-order valence-corrected chi connectivity index (χ0v) is 18.9. The lowest BCUT2D eigenvalue weighted by Crippen LogP contribution is -2.40. The Hall–Kier alpha value is -2.80. The highest BCUT2D eigenvalue weighted by atomic mass is 16.5. The molecule has 0 aliphatic carbocycles. The highest BCUT2D eigenvalue weighted by molar-refractivity contribution is 5.72. The third-order valence-electron chi connectivity index (χ3n) is 6.94. The van der Waals surface area contributed by atoms with Crippen molar-refractivity contribution in [2.75, 3.05) is 32.8 Å². The van der Waals surface area contributed by atoms with E-state index in [4.69, 9.17) is 9.15 Å². The number of piperidine rings is 2. The largest absolute Gasteiger partial charge is 0.468 e. The van der Waals surface area contributed by atoms with Gasteiger partial charge in [0.2, 0.25) is 0 Å². The van der Waals surface area contributed by atoms with Crippen molar-refractivity contribution >= 4 is 11.2 Å². The maximum atomic E-state index is 5.86. The molecule has 7 heteroatoms. The number of allylic oxidation sites excluding steroid dienone is 1. The first-order valence-corrected chi connectivity index (χ1v) is 11.9. The predicted molar refractivity (Wildman–Crippen MR) is 124 cm³/mol. The summed E-state index contributed by atoms with van der Waals surface area (Å²) in [4.78, 5) is 14.3. The number of pyridine rings is 1. The van der Waals surface area contributed by atoms with E-state index >= 15 is 0 Å². The van der Waals surface area contributed by atoms with Crippen LogP contribution in [0.4, 0.5) is 0 Å². The van der Waals surface area contributed by atoms with E-state index in [2.05, 4.69) is 37.0 Å². The van der Waals surface area contributed by atoms with Gasteiger partial charge in [-0.05, 0) is 70.0 Å². The second kappa shape index (κ2) is 9.36. The predicted octanol–water partition coefficient (Wildman–Crippen LogP) is 4.49. The average molecular weight is 436 g/mol. The van der Waals surface area contributed by atoms with E-state index in [9.17, 15) is 0 Å². The van der Waals surface area contributed by atoms with Crippen LogP contribution in [0.1, 0.15) is 44.4 Å². The zero-order valence-electron chi connectivity index (χ0n) is 18.9. The van der Waals surface area contributed by atoms with Crippen molar-refractivity contribution in [2.45, 2.75) is 45.2 Å². The third-order valence-corrected chi connectivity index (χ3v) is 6.94. The molecule has 2 aliphatic heterocycles. The molecule has 3 aromatic heterocycles. The molecule has 0 saturated carbocycles. The van der Waals surface area contributed by atoms with E-state index in [1.807, 2.05) is 31.3 Å². The van der Waals surface area contributed by atoms with Crippen molar-refractivity contribution in [3.63, 3.8) is 0 Å². The number of fused-ring (bicyclic) bond motifs is 1. The minimum atomic E-state index is 0.357. The number of imidazole rings is 1. The molecule has 0 amide bonds. The SMILES string of the molecule is C=C(C1CCN(Cc2ccco2)CC1)N1CCC(n2c(OCC)nc3cccnc32)CC1. The summed E-state index contributed by atoms with van der Waals surface area (Å²) in [7, 11) is 0. The van der Waals surface area contributed by atoms with Crippen LogP contribution >= 0.6 is 0 Å². The molecule has 0 aromatic carbocycles. The lowest BCUT2D eigenvalue weighted by molar-refractivity contribution is 0.146. The van der Waals surface area contributed by atoms with Crippen molar-refractivity contribution in [1.29, 1.82) is 0 Å². The minimum absolute atomic E-state index is 0.357. The van der Waals surface area contributed by atoms with Gasteiger partial charge in [-0.1, -0.05) is 6.58 Å². The second-order valence-electron chi connectivity index (χ2n) is 8.88. The molecule has 2 fully saturated rings. The molecule has 7 nitrogen and oxygen atoms in total. The molecule has 0 spiro atoms. The van der Waals surface area contributed by atoms with Gasteiger partial charge in [-0.15, -0.1) is 0 Å². The lowest BCUT2D eigenvalue weighted by Gasteiger charge is -2.40. The first kappa shape index (κ1) is 21.1. The second-order valence-corrected chi connectivity index (χ2v) is 8.88. The van der Waals surface area contributed by atoms with Crippen LogP contribution in [0.3, 0.4) is 0 Å². The van der Waals surface area contributed by atoms with E-state index in [1.165, 1.54) is 18.5 Å². The van der Waals surface area contributed by atoms with Crippen molar-refractivity contribution in [2.24, 2.45) is 5.92 Å². The first-order chi connectivity index (χ1) is 15.7. The van der Waals surface area contributed by atoms with Crippen LogP contribution in [0, 0.1) is 5.92 Å². The normalized spacial score (nSPS) is 19.0. The zero-order chi connectivity index (χ0) is 21.9. The summed E-state index contributed by atoms with van der Waals surface area (Å²) in [6.07, 6.45) is 8.05. The number of nitrogens with zero attached hydrogens (tertiary/aromatic N) is 5. The number of hydrogen-bond acceptors (Lipinski definition) is 6. The number of ether oxygens (including phenoxy) is 1. The Morgan fingerprint density at radius 3 is 2.66 bits per heavy atom. The fourth-order valence-electron chi connectivity index (χ4n) is 5.19. The van der Waals surface area contributed by atoms with E-state index in [1.54, 1.807) is 6.26 Å². The van der Waals surface area contributed by atoms with Crippen molar-refractivity contribution in [3.05, 3.63) is 54.8 Å². The summed E-state index contributed by atoms with van der Waals surface area (Å²) < 4.78 is 13.6. The quantitative estimate of drug-likeness (QED) is 0.545. The molecule has 5 heterocycles. The van der Waals surface area contributed by atoms with Crippen LogP contribution in [0.15, 0.2) is 53.4 Å². The van der Waals surface area contributed by atoms with Crippen molar-refractivity contribution < 1.29 is 9.15 Å². The monoisotopic (exact) mass is 435 g/mol. The van der Waals surface area contributed by atoms with E-state index in [-0.39, 0.29) is 0 Å². The van der Waals surface area contributed by atoms with E-state index in [0.29, 0.717) is 24.6 Å². The highest BCUT2D eigenvalue weighted by Crippen LogP contribution is 2.34. The molecule has 0 bridgehead atoms. The number of aromatic nitrogens is 3. The summed E-state index contributed by atoms with van der Waals surface area (Å²) in [5.41, 5.74) is 3.15. The summed E-state index contributed by atoms with van der Waals surface area (Å²) in [5.74, 6) is 1.63. The fourth-order valence-corrected chi connectivity index (χ4v) is 5.19. The van der Waals surface area contributed by atoms with E-state index < -0.39 is 0 Å². The summed E-state index contributed by atoms with van der Waals surface area (Å²) in [6, 6.07) is 9.02. The van der Waals surface area contributed by atoms with Gasteiger partial charge in [0.15, 0.2) is 5.65 Å². The Morgan fingerprint density at radius 2 is 1.94 bits per heavy atom.